The van der Waals surface area contributed by atoms with Gasteiger partial charge in [0.25, 0.3) is 0 Å². The maximum Gasteiger partial charge on any atom is 0.165 e. The molecule has 1 aromatic rings. The van der Waals surface area contributed by atoms with Crippen molar-refractivity contribution in [2.24, 2.45) is 5.41 Å². The molecule has 1 spiro atoms. The van der Waals surface area contributed by atoms with E-state index in [1.165, 1.54) is 0 Å². The van der Waals surface area contributed by atoms with Crippen LogP contribution in [0.5, 0.6) is 5.75 Å². The molecular weight excluding hydrogens is 262 g/mol. The Morgan fingerprint density at radius 3 is 2.45 bits per heavy atom. The van der Waals surface area contributed by atoms with E-state index in [0.29, 0.717) is 6.42 Å². The largest absolute Gasteiger partial charge is 0.486 e. The van der Waals surface area contributed by atoms with Crippen LogP contribution in [0.1, 0.15) is 44.9 Å². The van der Waals surface area contributed by atoms with Gasteiger partial charge < -0.3 is 4.74 Å². The van der Waals surface area contributed by atoms with E-state index in [1.807, 2.05) is 0 Å². The van der Waals surface area contributed by atoms with Crippen LogP contribution in [0.4, 0.5) is 8.78 Å². The number of halogens is 2. The number of rotatable bonds is 2. The zero-order chi connectivity index (χ0) is 14.2. The van der Waals surface area contributed by atoms with Crippen LogP contribution in [0.2, 0.25) is 0 Å². The molecule has 0 N–H and O–H groups in total. The van der Waals surface area contributed by atoms with E-state index in [1.54, 1.807) is 0 Å². The Morgan fingerprint density at radius 1 is 1.10 bits per heavy atom. The molecular formula is C16H18F2O2. The average molecular weight is 280 g/mol. The molecule has 0 aromatic heterocycles. The van der Waals surface area contributed by atoms with E-state index in [4.69, 9.17) is 4.74 Å². The van der Waals surface area contributed by atoms with Crippen molar-refractivity contribution in [1.29, 1.82) is 0 Å². The zero-order valence-electron chi connectivity index (χ0n) is 11.3. The van der Waals surface area contributed by atoms with Gasteiger partial charge in [-0.15, -0.1) is 0 Å². The molecule has 0 bridgehead atoms. The Balaban J connectivity index is 1.80. The Bertz CT molecular complexity index is 519. The minimum atomic E-state index is -0.575. The van der Waals surface area contributed by atoms with Gasteiger partial charge in [0.05, 0.1) is 5.41 Å². The normalized spacial score (nSPS) is 25.1. The molecule has 0 saturated heterocycles. The van der Waals surface area contributed by atoms with Gasteiger partial charge in [-0.3, -0.25) is 4.79 Å². The molecule has 1 unspecified atom stereocenters. The lowest BCUT2D eigenvalue weighted by atomic mass is 9.60. The van der Waals surface area contributed by atoms with Gasteiger partial charge in [0.2, 0.25) is 0 Å². The Labute approximate surface area is 117 Å². The lowest BCUT2D eigenvalue weighted by Gasteiger charge is -2.47. The van der Waals surface area contributed by atoms with E-state index in [0.717, 1.165) is 56.7 Å². The molecule has 0 aliphatic heterocycles. The van der Waals surface area contributed by atoms with Crippen LogP contribution in [0.25, 0.3) is 0 Å². The third-order valence-electron chi connectivity index (χ3n) is 4.70. The first-order valence-electron chi connectivity index (χ1n) is 7.27. The van der Waals surface area contributed by atoms with Gasteiger partial charge in [-0.25, -0.2) is 8.78 Å². The number of hydrogen-bond donors (Lipinski definition) is 0. The van der Waals surface area contributed by atoms with Gasteiger partial charge >= 0.3 is 0 Å². The van der Waals surface area contributed by atoms with Crippen molar-refractivity contribution < 1.29 is 18.3 Å². The molecule has 2 fully saturated rings. The standard InChI is InChI=1S/C16H18F2O2/c17-11-5-6-12(18)13(9-11)20-15-10-14(19)16(15)7-3-1-2-4-8-16/h5-6,9,15H,1-4,7-8,10H2. The molecule has 2 nitrogen and oxygen atoms in total. The summed E-state index contributed by atoms with van der Waals surface area (Å²) < 4.78 is 32.5. The van der Waals surface area contributed by atoms with Crippen molar-refractivity contribution in [3.63, 3.8) is 0 Å². The second kappa shape index (κ2) is 5.15. The molecule has 0 radical (unpaired) electrons. The first kappa shape index (κ1) is 13.5. The van der Waals surface area contributed by atoms with E-state index < -0.39 is 17.0 Å². The Kier molecular flexibility index (Phi) is 3.48. The van der Waals surface area contributed by atoms with Crippen molar-refractivity contribution in [1.82, 2.24) is 0 Å². The first-order valence-corrected chi connectivity index (χ1v) is 7.27. The molecule has 4 heteroatoms. The van der Waals surface area contributed by atoms with Gasteiger partial charge in [0, 0.05) is 12.5 Å². The smallest absolute Gasteiger partial charge is 0.165 e. The number of benzene rings is 1. The third kappa shape index (κ3) is 2.21. The van der Waals surface area contributed by atoms with Gasteiger partial charge in [-0.1, -0.05) is 25.7 Å². The topological polar surface area (TPSA) is 26.3 Å². The summed E-state index contributed by atoms with van der Waals surface area (Å²) in [7, 11) is 0. The zero-order valence-corrected chi connectivity index (χ0v) is 11.3. The van der Waals surface area contributed by atoms with E-state index in [-0.39, 0.29) is 17.6 Å². The molecule has 108 valence electrons. The fourth-order valence-electron chi connectivity index (χ4n) is 3.45. The summed E-state index contributed by atoms with van der Waals surface area (Å²) in [6, 6.07) is 3.18. The molecule has 20 heavy (non-hydrogen) atoms. The van der Waals surface area contributed by atoms with Crippen molar-refractivity contribution >= 4 is 5.78 Å². The Morgan fingerprint density at radius 2 is 1.80 bits per heavy atom. The third-order valence-corrected chi connectivity index (χ3v) is 4.70. The van der Waals surface area contributed by atoms with Gasteiger partial charge in [0.15, 0.2) is 11.6 Å². The van der Waals surface area contributed by atoms with Crippen LogP contribution in [0.15, 0.2) is 18.2 Å². The van der Waals surface area contributed by atoms with Gasteiger partial charge in [-0.05, 0) is 25.0 Å². The van der Waals surface area contributed by atoms with E-state index in [2.05, 4.69) is 0 Å². The lowest BCUT2D eigenvalue weighted by Crippen LogP contribution is -2.56. The van der Waals surface area contributed by atoms with E-state index in [9.17, 15) is 13.6 Å². The van der Waals surface area contributed by atoms with E-state index >= 15 is 0 Å². The highest BCUT2D eigenvalue weighted by Crippen LogP contribution is 2.49. The number of carbonyl (C=O) groups excluding carboxylic acids is 1. The maximum atomic E-state index is 13.6. The minimum absolute atomic E-state index is 0.0777. The molecule has 3 rings (SSSR count). The second-order valence-electron chi connectivity index (χ2n) is 5.88. The first-order chi connectivity index (χ1) is 9.62. The summed E-state index contributed by atoms with van der Waals surface area (Å²) >= 11 is 0. The number of hydrogen-bond acceptors (Lipinski definition) is 2. The minimum Gasteiger partial charge on any atom is -0.486 e. The van der Waals surface area contributed by atoms with Crippen LogP contribution in [-0.2, 0) is 4.79 Å². The monoisotopic (exact) mass is 280 g/mol. The highest BCUT2D eigenvalue weighted by atomic mass is 19.1. The fraction of sp³-hybridized carbons (Fsp3) is 0.562. The SMILES string of the molecule is O=C1CC(Oc2cc(F)ccc2F)C12CCCCCC2. The summed E-state index contributed by atoms with van der Waals surface area (Å²) in [6.45, 7) is 0. The molecule has 2 saturated carbocycles. The average Bonchev–Trinajstić information content (AvgIpc) is 2.70. The van der Waals surface area contributed by atoms with Crippen LogP contribution in [0, 0.1) is 17.0 Å². The molecule has 0 heterocycles. The number of carbonyl (C=O) groups is 1. The fourth-order valence-corrected chi connectivity index (χ4v) is 3.45. The highest BCUT2D eigenvalue weighted by molar-refractivity contribution is 5.92. The van der Waals surface area contributed by atoms with Crippen LogP contribution < -0.4 is 4.74 Å². The quantitative estimate of drug-likeness (QED) is 0.817. The maximum absolute atomic E-state index is 13.6. The predicted molar refractivity (Wildman–Crippen MR) is 70.5 cm³/mol. The number of ketones is 1. The van der Waals surface area contributed by atoms with Crippen LogP contribution in [0.3, 0.4) is 0 Å². The van der Waals surface area contributed by atoms with Crippen molar-refractivity contribution in [3.05, 3.63) is 29.8 Å². The van der Waals surface area contributed by atoms with Crippen molar-refractivity contribution in [2.45, 2.75) is 51.0 Å². The molecule has 1 atom stereocenters. The second-order valence-corrected chi connectivity index (χ2v) is 5.88. The highest BCUT2D eigenvalue weighted by Gasteiger charge is 2.55. The van der Waals surface area contributed by atoms with Crippen LogP contribution in [-0.4, -0.2) is 11.9 Å². The van der Waals surface area contributed by atoms with Gasteiger partial charge in [0.1, 0.15) is 17.7 Å². The molecule has 0 amide bonds. The van der Waals surface area contributed by atoms with Gasteiger partial charge in [-0.2, -0.15) is 0 Å². The summed E-state index contributed by atoms with van der Waals surface area (Å²) in [5.41, 5.74) is -0.449. The van der Waals surface area contributed by atoms with Crippen molar-refractivity contribution in [2.75, 3.05) is 0 Å². The summed E-state index contributed by atoms with van der Waals surface area (Å²) in [6.07, 6.45) is 5.93. The molecule has 2 aliphatic rings. The predicted octanol–water partition coefficient (Wildman–Crippen LogP) is 4.03. The Hall–Kier alpha value is -1.45. The summed E-state index contributed by atoms with van der Waals surface area (Å²) in [5, 5.41) is 0. The number of ether oxygens (including phenoxy) is 1. The molecule has 1 aromatic carbocycles. The summed E-state index contributed by atoms with van der Waals surface area (Å²) in [4.78, 5) is 12.1. The summed E-state index contributed by atoms with van der Waals surface area (Å²) in [5.74, 6) is -0.955. The number of Topliss-reactive ketones (excluding diaryl/α,β-unsaturated/α-hetero) is 1. The lowest BCUT2D eigenvalue weighted by molar-refractivity contribution is -0.154. The molecule has 2 aliphatic carbocycles. The van der Waals surface area contributed by atoms with Crippen molar-refractivity contribution in [3.8, 4) is 5.75 Å². The van der Waals surface area contributed by atoms with Crippen LogP contribution >= 0.6 is 0 Å².